The Morgan fingerprint density at radius 3 is 3.00 bits per heavy atom. The highest BCUT2D eigenvalue weighted by atomic mass is 32.2. The summed E-state index contributed by atoms with van der Waals surface area (Å²) in [6.45, 7) is 0. The molecule has 0 aliphatic heterocycles. The van der Waals surface area contributed by atoms with Crippen molar-refractivity contribution in [3.8, 4) is 11.8 Å². The van der Waals surface area contributed by atoms with Gasteiger partial charge in [-0.15, -0.1) is 10.2 Å². The number of ether oxygens (including phenoxy) is 1. The quantitative estimate of drug-likeness (QED) is 0.836. The van der Waals surface area contributed by atoms with Gasteiger partial charge < -0.3 is 4.74 Å². The van der Waals surface area contributed by atoms with E-state index in [0.717, 1.165) is 15.0 Å². The summed E-state index contributed by atoms with van der Waals surface area (Å²) in [5, 5.41) is 16.6. The van der Waals surface area contributed by atoms with Crippen molar-refractivity contribution in [1.29, 1.82) is 5.26 Å². The Labute approximate surface area is 101 Å². The fraction of sp³-hybridized carbons (Fsp3) is 0.100. The Morgan fingerprint density at radius 2 is 2.38 bits per heavy atom. The van der Waals surface area contributed by atoms with Crippen molar-refractivity contribution in [2.45, 2.75) is 9.24 Å². The van der Waals surface area contributed by atoms with Crippen LogP contribution >= 0.6 is 23.1 Å². The maximum atomic E-state index is 8.97. The van der Waals surface area contributed by atoms with Gasteiger partial charge in [0.2, 0.25) is 0 Å². The maximum absolute atomic E-state index is 8.97. The minimum atomic E-state index is 0.612. The van der Waals surface area contributed by atoms with E-state index in [2.05, 4.69) is 16.3 Å². The molecule has 0 saturated carbocycles. The molecular formula is C10H7N3OS2. The second-order valence-electron chi connectivity index (χ2n) is 2.78. The van der Waals surface area contributed by atoms with Gasteiger partial charge in [0, 0.05) is 4.90 Å². The molecule has 4 nitrogen and oxygen atoms in total. The summed E-state index contributed by atoms with van der Waals surface area (Å²) in [4.78, 5) is 0.832. The normalized spacial score (nSPS) is 9.75. The maximum Gasteiger partial charge on any atom is 0.178 e. The molecule has 0 atom stereocenters. The van der Waals surface area contributed by atoms with Crippen LogP contribution in [0.1, 0.15) is 5.56 Å². The summed E-state index contributed by atoms with van der Waals surface area (Å²) in [6, 6.07) is 7.47. The number of aromatic nitrogens is 2. The molecule has 0 spiro atoms. The molecule has 0 bridgehead atoms. The number of hydrogen-bond donors (Lipinski definition) is 0. The standard InChI is InChI=1S/C10H7N3OS2/c1-14-8-3-2-7(5-11)9(4-8)16-10-13-12-6-15-10/h2-4,6H,1H3. The van der Waals surface area contributed by atoms with Gasteiger partial charge in [0.15, 0.2) is 4.34 Å². The van der Waals surface area contributed by atoms with Crippen LogP contribution in [-0.4, -0.2) is 17.3 Å². The molecule has 0 unspecified atom stereocenters. The van der Waals surface area contributed by atoms with E-state index in [0.29, 0.717) is 5.56 Å². The van der Waals surface area contributed by atoms with E-state index in [9.17, 15) is 0 Å². The smallest absolute Gasteiger partial charge is 0.178 e. The van der Waals surface area contributed by atoms with E-state index in [1.807, 2.05) is 6.07 Å². The lowest BCUT2D eigenvalue weighted by atomic mass is 10.2. The molecule has 0 radical (unpaired) electrons. The minimum absolute atomic E-state index is 0.612. The number of rotatable bonds is 3. The summed E-state index contributed by atoms with van der Waals surface area (Å²) < 4.78 is 5.93. The topological polar surface area (TPSA) is 58.8 Å². The molecule has 80 valence electrons. The predicted molar refractivity (Wildman–Crippen MR) is 61.7 cm³/mol. The van der Waals surface area contributed by atoms with Crippen LogP contribution in [0.15, 0.2) is 32.9 Å². The Hall–Kier alpha value is -1.58. The molecule has 0 fully saturated rings. The van der Waals surface area contributed by atoms with E-state index in [4.69, 9.17) is 10.00 Å². The molecule has 0 aliphatic rings. The second kappa shape index (κ2) is 4.96. The molecular weight excluding hydrogens is 242 g/mol. The van der Waals surface area contributed by atoms with Crippen LogP contribution in [0.2, 0.25) is 0 Å². The molecule has 1 aromatic heterocycles. The molecule has 16 heavy (non-hydrogen) atoms. The zero-order valence-corrected chi connectivity index (χ0v) is 10.0. The molecule has 2 aromatic rings. The molecule has 0 N–H and O–H groups in total. The largest absolute Gasteiger partial charge is 0.497 e. The predicted octanol–water partition coefficient (Wildman–Crippen LogP) is 2.57. The first-order valence-electron chi connectivity index (χ1n) is 4.35. The van der Waals surface area contributed by atoms with Gasteiger partial charge >= 0.3 is 0 Å². The van der Waals surface area contributed by atoms with Gasteiger partial charge in [0.05, 0.1) is 12.7 Å². The molecule has 0 saturated heterocycles. The van der Waals surface area contributed by atoms with Crippen molar-refractivity contribution in [1.82, 2.24) is 10.2 Å². The monoisotopic (exact) mass is 249 g/mol. The number of benzene rings is 1. The first kappa shape index (κ1) is 10.9. The summed E-state index contributed by atoms with van der Waals surface area (Å²) in [5.74, 6) is 0.728. The Balaban J connectivity index is 2.34. The number of nitrogens with zero attached hydrogens (tertiary/aromatic N) is 3. The van der Waals surface area contributed by atoms with Gasteiger partial charge in [-0.2, -0.15) is 5.26 Å². The zero-order valence-electron chi connectivity index (χ0n) is 8.38. The third-order valence-corrected chi connectivity index (χ3v) is 3.68. The first-order valence-corrected chi connectivity index (χ1v) is 6.05. The average Bonchev–Trinajstić information content (AvgIpc) is 2.82. The molecule has 1 heterocycles. The van der Waals surface area contributed by atoms with Crippen molar-refractivity contribution < 1.29 is 4.74 Å². The molecule has 6 heteroatoms. The lowest BCUT2D eigenvalue weighted by molar-refractivity contribution is 0.413. The highest BCUT2D eigenvalue weighted by molar-refractivity contribution is 8.01. The van der Waals surface area contributed by atoms with Crippen molar-refractivity contribution in [3.05, 3.63) is 29.3 Å². The molecule has 0 aliphatic carbocycles. The van der Waals surface area contributed by atoms with Crippen LogP contribution in [0.25, 0.3) is 0 Å². The van der Waals surface area contributed by atoms with Crippen LogP contribution in [0.3, 0.4) is 0 Å². The van der Waals surface area contributed by atoms with Gasteiger partial charge in [-0.25, -0.2) is 0 Å². The van der Waals surface area contributed by atoms with Gasteiger partial charge in [0.1, 0.15) is 17.3 Å². The summed E-state index contributed by atoms with van der Waals surface area (Å²) >= 11 is 2.86. The second-order valence-corrected chi connectivity index (χ2v) is 4.90. The summed E-state index contributed by atoms with van der Waals surface area (Å²) in [7, 11) is 1.60. The SMILES string of the molecule is COc1ccc(C#N)c(Sc2nncs2)c1. The van der Waals surface area contributed by atoms with E-state index < -0.39 is 0 Å². The number of hydrogen-bond acceptors (Lipinski definition) is 6. The van der Waals surface area contributed by atoms with E-state index in [1.165, 1.54) is 23.1 Å². The van der Waals surface area contributed by atoms with Crippen LogP contribution in [0, 0.1) is 11.3 Å². The van der Waals surface area contributed by atoms with Crippen molar-refractivity contribution in [2.24, 2.45) is 0 Å². The third-order valence-electron chi connectivity index (χ3n) is 1.85. The first-order chi connectivity index (χ1) is 7.83. The Bertz CT molecular complexity index is 519. The lowest BCUT2D eigenvalue weighted by Crippen LogP contribution is -1.86. The molecule has 0 amide bonds. The van der Waals surface area contributed by atoms with Crippen LogP contribution in [0.4, 0.5) is 0 Å². The van der Waals surface area contributed by atoms with E-state index in [-0.39, 0.29) is 0 Å². The Morgan fingerprint density at radius 1 is 1.50 bits per heavy atom. The summed E-state index contributed by atoms with van der Waals surface area (Å²) in [5.41, 5.74) is 2.27. The lowest BCUT2D eigenvalue weighted by Gasteiger charge is -2.04. The van der Waals surface area contributed by atoms with Crippen LogP contribution in [0.5, 0.6) is 5.75 Å². The van der Waals surface area contributed by atoms with Gasteiger partial charge in [0.25, 0.3) is 0 Å². The van der Waals surface area contributed by atoms with Gasteiger partial charge in [-0.3, -0.25) is 0 Å². The highest BCUT2D eigenvalue weighted by Gasteiger charge is 2.08. The van der Waals surface area contributed by atoms with Crippen LogP contribution in [-0.2, 0) is 0 Å². The highest BCUT2D eigenvalue weighted by Crippen LogP contribution is 2.33. The minimum Gasteiger partial charge on any atom is -0.497 e. The van der Waals surface area contributed by atoms with Crippen molar-refractivity contribution in [3.63, 3.8) is 0 Å². The Kier molecular flexibility index (Phi) is 3.39. The average molecular weight is 249 g/mol. The molecule has 2 rings (SSSR count). The summed E-state index contributed by atoms with van der Waals surface area (Å²) in [6.07, 6.45) is 0. The van der Waals surface area contributed by atoms with Crippen LogP contribution < -0.4 is 4.74 Å². The number of methoxy groups -OCH3 is 1. The van der Waals surface area contributed by atoms with Gasteiger partial charge in [-0.05, 0) is 18.2 Å². The third kappa shape index (κ3) is 2.32. The molecule has 1 aromatic carbocycles. The van der Waals surface area contributed by atoms with E-state index >= 15 is 0 Å². The fourth-order valence-electron chi connectivity index (χ4n) is 1.11. The van der Waals surface area contributed by atoms with Gasteiger partial charge in [-0.1, -0.05) is 23.1 Å². The zero-order chi connectivity index (χ0) is 11.4. The van der Waals surface area contributed by atoms with Crippen molar-refractivity contribution in [2.75, 3.05) is 7.11 Å². The van der Waals surface area contributed by atoms with Crippen molar-refractivity contribution >= 4 is 23.1 Å². The number of nitriles is 1. The van der Waals surface area contributed by atoms with E-state index in [1.54, 1.807) is 24.8 Å². The fourth-order valence-corrected chi connectivity index (χ4v) is 2.65.